The maximum Gasteiger partial charge on any atom is 0.254 e. The highest BCUT2D eigenvalue weighted by Crippen LogP contribution is 2.24. The predicted molar refractivity (Wildman–Crippen MR) is 134 cm³/mol. The van der Waals surface area contributed by atoms with Crippen LogP contribution in [0.15, 0.2) is 48.5 Å². The molecule has 1 amide bonds. The van der Waals surface area contributed by atoms with E-state index >= 15 is 0 Å². The molecule has 180 valence electrons. The normalized spacial score (nSPS) is 17.0. The number of ether oxygens (including phenoxy) is 1. The van der Waals surface area contributed by atoms with E-state index in [4.69, 9.17) is 4.74 Å². The van der Waals surface area contributed by atoms with Gasteiger partial charge in [0.1, 0.15) is 5.75 Å². The van der Waals surface area contributed by atoms with Gasteiger partial charge >= 0.3 is 0 Å². The fraction of sp³-hybridized carbons (Fsp3) is 0.500. The van der Waals surface area contributed by atoms with Gasteiger partial charge in [-0.05, 0) is 68.7 Å². The van der Waals surface area contributed by atoms with Crippen molar-refractivity contribution in [2.45, 2.75) is 52.6 Å². The molecule has 0 spiro atoms. The smallest absolute Gasteiger partial charge is 0.254 e. The van der Waals surface area contributed by atoms with Gasteiger partial charge < -0.3 is 14.5 Å². The molecule has 3 rings (SSSR count). The molecule has 1 heterocycles. The van der Waals surface area contributed by atoms with E-state index in [2.05, 4.69) is 37.8 Å². The zero-order chi connectivity index (χ0) is 23.8. The number of anilines is 1. The summed E-state index contributed by atoms with van der Waals surface area (Å²) in [5.41, 5.74) is 2.67. The Balaban J connectivity index is 1.79. The first-order chi connectivity index (χ1) is 15.9. The van der Waals surface area contributed by atoms with Crippen molar-refractivity contribution in [1.29, 1.82) is 0 Å². The number of rotatable bonds is 11. The third-order valence-electron chi connectivity index (χ3n) is 6.20. The monoisotopic (exact) mass is 472 g/mol. The molecule has 0 saturated carbocycles. The van der Waals surface area contributed by atoms with Gasteiger partial charge in [-0.1, -0.05) is 25.5 Å². The van der Waals surface area contributed by atoms with Crippen molar-refractivity contribution in [3.05, 3.63) is 59.7 Å². The van der Waals surface area contributed by atoms with Crippen LogP contribution in [0.5, 0.6) is 5.75 Å². The Morgan fingerprint density at radius 3 is 2.21 bits per heavy atom. The summed E-state index contributed by atoms with van der Waals surface area (Å²) in [5.74, 6) is 0.744. The standard InChI is InChI=1S/C26H36N2O4S/c1-4-7-17-32-25-14-10-22(11-15-25)26(29)28(24-16-18-33(30,31)20-24)19-21-8-12-23(13-9-21)27(5-2)6-3/h8-15,24H,4-7,16-20H2,1-3H3/t24-/m0/s1. The van der Waals surface area contributed by atoms with Gasteiger partial charge in [-0.3, -0.25) is 4.79 Å². The van der Waals surface area contributed by atoms with Crippen LogP contribution in [0.1, 0.15) is 56.0 Å². The fourth-order valence-electron chi connectivity index (χ4n) is 4.18. The average Bonchev–Trinajstić information content (AvgIpc) is 3.18. The Morgan fingerprint density at radius 1 is 1.00 bits per heavy atom. The van der Waals surface area contributed by atoms with E-state index in [0.717, 1.165) is 42.9 Å². The van der Waals surface area contributed by atoms with Crippen LogP contribution in [0.2, 0.25) is 0 Å². The molecular weight excluding hydrogens is 436 g/mol. The highest BCUT2D eigenvalue weighted by molar-refractivity contribution is 7.91. The lowest BCUT2D eigenvalue weighted by molar-refractivity contribution is 0.0681. The van der Waals surface area contributed by atoms with Crippen molar-refractivity contribution in [3.8, 4) is 5.75 Å². The Morgan fingerprint density at radius 2 is 1.67 bits per heavy atom. The van der Waals surface area contributed by atoms with Gasteiger partial charge in [0, 0.05) is 36.9 Å². The number of benzene rings is 2. The Labute approximate surface area is 198 Å². The van der Waals surface area contributed by atoms with Gasteiger partial charge in [0.05, 0.1) is 18.1 Å². The largest absolute Gasteiger partial charge is 0.494 e. The van der Waals surface area contributed by atoms with Crippen molar-refractivity contribution in [1.82, 2.24) is 4.90 Å². The minimum atomic E-state index is -3.11. The van der Waals surface area contributed by atoms with Gasteiger partial charge in [0.15, 0.2) is 9.84 Å². The molecule has 33 heavy (non-hydrogen) atoms. The molecule has 1 fully saturated rings. The molecule has 0 radical (unpaired) electrons. The summed E-state index contributed by atoms with van der Waals surface area (Å²) in [6.07, 6.45) is 2.52. The highest BCUT2D eigenvalue weighted by Gasteiger charge is 2.35. The number of unbranched alkanes of at least 4 members (excludes halogenated alkanes) is 1. The molecule has 0 aliphatic carbocycles. The third-order valence-corrected chi connectivity index (χ3v) is 7.95. The SMILES string of the molecule is CCCCOc1ccc(C(=O)N(Cc2ccc(N(CC)CC)cc2)[C@H]2CCS(=O)(=O)C2)cc1. The molecule has 0 N–H and O–H groups in total. The molecule has 1 aliphatic heterocycles. The van der Waals surface area contributed by atoms with E-state index in [0.29, 0.717) is 25.1 Å². The molecular formula is C26H36N2O4S. The van der Waals surface area contributed by atoms with E-state index < -0.39 is 9.84 Å². The van der Waals surface area contributed by atoms with Crippen molar-refractivity contribution in [3.63, 3.8) is 0 Å². The summed E-state index contributed by atoms with van der Waals surface area (Å²) < 4.78 is 30.0. The zero-order valence-electron chi connectivity index (χ0n) is 20.0. The molecule has 1 atom stereocenters. The minimum Gasteiger partial charge on any atom is -0.494 e. The maximum absolute atomic E-state index is 13.5. The lowest BCUT2D eigenvalue weighted by Crippen LogP contribution is -2.40. The van der Waals surface area contributed by atoms with Crippen LogP contribution in [-0.2, 0) is 16.4 Å². The molecule has 0 aromatic heterocycles. The first-order valence-electron chi connectivity index (χ1n) is 11.9. The topological polar surface area (TPSA) is 66.9 Å². The zero-order valence-corrected chi connectivity index (χ0v) is 20.8. The van der Waals surface area contributed by atoms with Gasteiger partial charge in [0.25, 0.3) is 5.91 Å². The molecule has 1 saturated heterocycles. The molecule has 0 unspecified atom stereocenters. The van der Waals surface area contributed by atoms with Gasteiger partial charge in [-0.2, -0.15) is 0 Å². The third kappa shape index (κ3) is 6.73. The summed E-state index contributed by atoms with van der Waals surface area (Å²) in [6.45, 7) is 9.25. The number of carbonyl (C=O) groups excluding carboxylic acids is 1. The van der Waals surface area contributed by atoms with Crippen molar-refractivity contribution in [2.75, 3.05) is 36.1 Å². The summed E-state index contributed by atoms with van der Waals surface area (Å²) in [4.78, 5) is 17.5. The van der Waals surface area contributed by atoms with Crippen molar-refractivity contribution in [2.24, 2.45) is 0 Å². The summed E-state index contributed by atoms with van der Waals surface area (Å²) in [5, 5.41) is 0. The van der Waals surface area contributed by atoms with Crippen LogP contribution in [0.3, 0.4) is 0 Å². The molecule has 6 nitrogen and oxygen atoms in total. The molecule has 0 bridgehead atoms. The van der Waals surface area contributed by atoms with Crippen LogP contribution in [0, 0.1) is 0 Å². The predicted octanol–water partition coefficient (Wildman–Crippen LogP) is 4.54. The van der Waals surface area contributed by atoms with E-state index in [-0.39, 0.29) is 23.5 Å². The van der Waals surface area contributed by atoms with Gasteiger partial charge in [-0.25, -0.2) is 8.42 Å². The van der Waals surface area contributed by atoms with E-state index in [9.17, 15) is 13.2 Å². The van der Waals surface area contributed by atoms with Crippen molar-refractivity contribution < 1.29 is 17.9 Å². The molecule has 2 aromatic carbocycles. The summed E-state index contributed by atoms with van der Waals surface area (Å²) in [7, 11) is -3.11. The van der Waals surface area contributed by atoms with Crippen molar-refractivity contribution >= 4 is 21.4 Å². The quantitative estimate of drug-likeness (QED) is 0.449. The van der Waals surface area contributed by atoms with E-state index in [1.165, 1.54) is 0 Å². The molecule has 2 aromatic rings. The number of amides is 1. The van der Waals surface area contributed by atoms with Crippen LogP contribution in [0.4, 0.5) is 5.69 Å². The Kier molecular flexibility index (Phi) is 8.78. The second kappa shape index (κ2) is 11.5. The average molecular weight is 473 g/mol. The highest BCUT2D eigenvalue weighted by atomic mass is 32.2. The number of hydrogen-bond donors (Lipinski definition) is 0. The lowest BCUT2D eigenvalue weighted by atomic mass is 10.1. The second-order valence-electron chi connectivity index (χ2n) is 8.56. The van der Waals surface area contributed by atoms with E-state index in [1.807, 2.05) is 24.3 Å². The van der Waals surface area contributed by atoms with Crippen LogP contribution < -0.4 is 9.64 Å². The van der Waals surface area contributed by atoms with E-state index in [1.54, 1.807) is 17.0 Å². The lowest BCUT2D eigenvalue weighted by Gasteiger charge is -2.29. The Hall–Kier alpha value is -2.54. The second-order valence-corrected chi connectivity index (χ2v) is 10.8. The number of hydrogen-bond acceptors (Lipinski definition) is 5. The van der Waals surface area contributed by atoms with Gasteiger partial charge in [-0.15, -0.1) is 0 Å². The number of nitrogens with zero attached hydrogens (tertiary/aromatic N) is 2. The molecule has 1 aliphatic rings. The molecule has 7 heteroatoms. The number of carbonyl (C=O) groups is 1. The first kappa shape index (κ1) is 25.1. The Bertz CT molecular complexity index is 1000. The summed E-state index contributed by atoms with van der Waals surface area (Å²) in [6, 6.07) is 15.0. The summed E-state index contributed by atoms with van der Waals surface area (Å²) >= 11 is 0. The van der Waals surface area contributed by atoms with Crippen LogP contribution in [0.25, 0.3) is 0 Å². The van der Waals surface area contributed by atoms with Crippen LogP contribution in [-0.4, -0.2) is 56.5 Å². The minimum absolute atomic E-state index is 0.0223. The van der Waals surface area contributed by atoms with Crippen LogP contribution >= 0.6 is 0 Å². The maximum atomic E-state index is 13.5. The first-order valence-corrected chi connectivity index (χ1v) is 13.8. The fourth-order valence-corrected chi connectivity index (χ4v) is 5.91. The van der Waals surface area contributed by atoms with Gasteiger partial charge in [0.2, 0.25) is 0 Å². The number of sulfone groups is 1.